The van der Waals surface area contributed by atoms with E-state index in [9.17, 15) is 9.90 Å². The van der Waals surface area contributed by atoms with Crippen LogP contribution in [-0.4, -0.2) is 34.2 Å². The first kappa shape index (κ1) is 16.4. The van der Waals surface area contributed by atoms with Crippen LogP contribution in [0.25, 0.3) is 0 Å². The number of nitrogens with zero attached hydrogens (tertiary/aromatic N) is 1. The van der Waals surface area contributed by atoms with Gasteiger partial charge in [-0.05, 0) is 38.8 Å². The number of hydrogen-bond acceptors (Lipinski definition) is 4. The lowest BCUT2D eigenvalue weighted by Gasteiger charge is -2.25. The Balaban J connectivity index is 2.77. The van der Waals surface area contributed by atoms with Gasteiger partial charge in [0.1, 0.15) is 0 Å². The minimum atomic E-state index is -0.872. The molecule has 0 saturated carbocycles. The fraction of sp³-hybridized carbons (Fsp3) is 0.600. The smallest absolute Gasteiger partial charge is 0.273 e. The van der Waals surface area contributed by atoms with Gasteiger partial charge in [-0.3, -0.25) is 4.79 Å². The number of rotatable bonds is 7. The molecule has 0 unspecified atom stereocenters. The summed E-state index contributed by atoms with van der Waals surface area (Å²) < 4.78 is 5.57. The van der Waals surface area contributed by atoms with E-state index < -0.39 is 5.60 Å². The summed E-state index contributed by atoms with van der Waals surface area (Å²) in [7, 11) is 0. The molecule has 0 fully saturated rings. The van der Waals surface area contributed by atoms with Gasteiger partial charge in [-0.1, -0.05) is 13.8 Å². The number of ether oxygens (including phenoxy) is 1. The lowest BCUT2D eigenvalue weighted by molar-refractivity contribution is 0.0312. The number of amides is 1. The highest BCUT2D eigenvalue weighted by Gasteiger charge is 2.24. The molecule has 1 aromatic heterocycles. The molecule has 0 spiro atoms. The van der Waals surface area contributed by atoms with Gasteiger partial charge in [-0.2, -0.15) is 0 Å². The zero-order valence-electron chi connectivity index (χ0n) is 12.6. The van der Waals surface area contributed by atoms with Gasteiger partial charge in [-0.25, -0.2) is 4.98 Å². The van der Waals surface area contributed by atoms with Crippen LogP contribution in [0.3, 0.4) is 0 Å². The molecular weight excluding hydrogens is 256 g/mol. The summed E-state index contributed by atoms with van der Waals surface area (Å²) >= 11 is 0. The van der Waals surface area contributed by atoms with Gasteiger partial charge < -0.3 is 15.2 Å². The van der Waals surface area contributed by atoms with Crippen LogP contribution in [0.1, 0.15) is 51.0 Å². The molecule has 1 heterocycles. The van der Waals surface area contributed by atoms with Crippen molar-refractivity contribution in [1.82, 2.24) is 10.3 Å². The summed E-state index contributed by atoms with van der Waals surface area (Å²) in [4.78, 5) is 16.2. The highest BCUT2D eigenvalue weighted by Crippen LogP contribution is 2.18. The van der Waals surface area contributed by atoms with Crippen molar-refractivity contribution in [3.8, 4) is 5.75 Å². The third-order valence-corrected chi connectivity index (χ3v) is 3.24. The average molecular weight is 280 g/mol. The fourth-order valence-electron chi connectivity index (χ4n) is 1.74. The zero-order chi connectivity index (χ0) is 15.2. The number of aromatic nitrogens is 1. The van der Waals surface area contributed by atoms with E-state index in [2.05, 4.69) is 10.3 Å². The third kappa shape index (κ3) is 4.49. The third-order valence-electron chi connectivity index (χ3n) is 3.24. The van der Waals surface area contributed by atoms with Crippen molar-refractivity contribution in [2.75, 3.05) is 6.54 Å². The summed E-state index contributed by atoms with van der Waals surface area (Å²) in [5.41, 5.74) is -0.625. The number of carbonyl (C=O) groups is 1. The molecule has 0 atom stereocenters. The summed E-state index contributed by atoms with van der Waals surface area (Å²) in [6.07, 6.45) is 2.69. The molecule has 1 amide bonds. The first-order valence-electron chi connectivity index (χ1n) is 7.04. The maximum Gasteiger partial charge on any atom is 0.273 e. The van der Waals surface area contributed by atoms with E-state index in [1.54, 1.807) is 18.3 Å². The van der Waals surface area contributed by atoms with Gasteiger partial charge >= 0.3 is 0 Å². The minimum Gasteiger partial charge on any atom is -0.489 e. The molecule has 0 bridgehead atoms. The second kappa shape index (κ2) is 7.24. The molecule has 0 aliphatic carbocycles. The van der Waals surface area contributed by atoms with Gasteiger partial charge in [0, 0.05) is 12.7 Å². The number of pyridine rings is 1. The Hall–Kier alpha value is -1.62. The minimum absolute atomic E-state index is 0.0334. The summed E-state index contributed by atoms with van der Waals surface area (Å²) in [5, 5.41) is 12.9. The Labute approximate surface area is 120 Å². The Morgan fingerprint density at radius 1 is 1.45 bits per heavy atom. The molecule has 0 aliphatic heterocycles. The lowest BCUT2D eigenvalue weighted by Crippen LogP contribution is -2.42. The molecule has 0 saturated heterocycles. The molecule has 0 aliphatic rings. The van der Waals surface area contributed by atoms with E-state index in [-0.39, 0.29) is 24.2 Å². The van der Waals surface area contributed by atoms with Gasteiger partial charge in [0.15, 0.2) is 11.4 Å². The van der Waals surface area contributed by atoms with E-state index >= 15 is 0 Å². The molecule has 20 heavy (non-hydrogen) atoms. The van der Waals surface area contributed by atoms with Crippen molar-refractivity contribution in [3.05, 3.63) is 24.0 Å². The summed E-state index contributed by atoms with van der Waals surface area (Å²) in [6.45, 7) is 7.77. The van der Waals surface area contributed by atoms with Crippen molar-refractivity contribution in [3.63, 3.8) is 0 Å². The Bertz CT molecular complexity index is 442. The molecule has 0 aromatic carbocycles. The predicted octanol–water partition coefficient (Wildman–Crippen LogP) is 2.15. The van der Waals surface area contributed by atoms with E-state index in [1.165, 1.54) is 0 Å². The SMILES string of the molecule is CCC(O)(CC)CNC(=O)c1ncccc1OC(C)C. The van der Waals surface area contributed by atoms with Crippen LogP contribution in [0.4, 0.5) is 0 Å². The molecule has 5 heteroatoms. The summed E-state index contributed by atoms with van der Waals surface area (Å²) in [6, 6.07) is 3.44. The number of nitrogens with one attached hydrogen (secondary N) is 1. The monoisotopic (exact) mass is 280 g/mol. The number of hydrogen-bond donors (Lipinski definition) is 2. The van der Waals surface area contributed by atoms with Crippen molar-refractivity contribution in [2.24, 2.45) is 0 Å². The highest BCUT2D eigenvalue weighted by atomic mass is 16.5. The van der Waals surface area contributed by atoms with E-state index in [0.717, 1.165) is 0 Å². The van der Waals surface area contributed by atoms with Crippen molar-refractivity contribution < 1.29 is 14.6 Å². The highest BCUT2D eigenvalue weighted by molar-refractivity contribution is 5.94. The number of carbonyl (C=O) groups excluding carboxylic acids is 1. The molecule has 112 valence electrons. The first-order chi connectivity index (χ1) is 9.41. The van der Waals surface area contributed by atoms with Crippen LogP contribution < -0.4 is 10.1 Å². The topological polar surface area (TPSA) is 71.5 Å². The molecular formula is C15H24N2O3. The largest absolute Gasteiger partial charge is 0.489 e. The van der Waals surface area contributed by atoms with Crippen LogP contribution in [0.5, 0.6) is 5.75 Å². The second-order valence-corrected chi connectivity index (χ2v) is 5.13. The quantitative estimate of drug-likeness (QED) is 0.803. The Kier molecular flexibility index (Phi) is 5.95. The lowest BCUT2D eigenvalue weighted by atomic mass is 9.97. The number of aliphatic hydroxyl groups is 1. The van der Waals surface area contributed by atoms with Gasteiger partial charge in [-0.15, -0.1) is 0 Å². The van der Waals surface area contributed by atoms with Crippen LogP contribution in [0.2, 0.25) is 0 Å². The van der Waals surface area contributed by atoms with Crippen LogP contribution >= 0.6 is 0 Å². The van der Waals surface area contributed by atoms with Crippen molar-refractivity contribution in [2.45, 2.75) is 52.2 Å². The first-order valence-corrected chi connectivity index (χ1v) is 7.04. The van der Waals surface area contributed by atoms with Gasteiger partial charge in [0.2, 0.25) is 0 Å². The summed E-state index contributed by atoms with van der Waals surface area (Å²) in [5.74, 6) is 0.123. The standard InChI is InChI=1S/C15H24N2O3/c1-5-15(19,6-2)10-17-14(18)13-12(20-11(3)4)8-7-9-16-13/h7-9,11,19H,5-6,10H2,1-4H3,(H,17,18). The fourth-order valence-corrected chi connectivity index (χ4v) is 1.74. The van der Waals surface area contributed by atoms with E-state index in [0.29, 0.717) is 18.6 Å². The van der Waals surface area contributed by atoms with Crippen LogP contribution in [0.15, 0.2) is 18.3 Å². The predicted molar refractivity (Wildman–Crippen MR) is 77.9 cm³/mol. The molecule has 1 rings (SSSR count). The maximum absolute atomic E-state index is 12.2. The Morgan fingerprint density at radius 3 is 2.65 bits per heavy atom. The Morgan fingerprint density at radius 2 is 2.10 bits per heavy atom. The van der Waals surface area contributed by atoms with E-state index in [4.69, 9.17) is 4.74 Å². The second-order valence-electron chi connectivity index (χ2n) is 5.13. The van der Waals surface area contributed by atoms with Crippen molar-refractivity contribution in [1.29, 1.82) is 0 Å². The molecule has 2 N–H and O–H groups in total. The maximum atomic E-state index is 12.2. The van der Waals surface area contributed by atoms with Crippen LogP contribution in [-0.2, 0) is 0 Å². The average Bonchev–Trinajstić information content (AvgIpc) is 2.44. The van der Waals surface area contributed by atoms with Gasteiger partial charge in [0.25, 0.3) is 5.91 Å². The van der Waals surface area contributed by atoms with E-state index in [1.807, 2.05) is 27.7 Å². The normalized spacial score (nSPS) is 11.5. The molecule has 1 aromatic rings. The van der Waals surface area contributed by atoms with Crippen LogP contribution in [0, 0.1) is 0 Å². The van der Waals surface area contributed by atoms with Gasteiger partial charge in [0.05, 0.1) is 11.7 Å². The zero-order valence-corrected chi connectivity index (χ0v) is 12.6. The molecule has 0 radical (unpaired) electrons. The molecule has 5 nitrogen and oxygen atoms in total. The van der Waals surface area contributed by atoms with Crippen molar-refractivity contribution >= 4 is 5.91 Å².